The first-order valence-corrected chi connectivity index (χ1v) is 6.16. The summed E-state index contributed by atoms with van der Waals surface area (Å²) in [6, 6.07) is 0. The molecule has 0 fully saturated rings. The van der Waals surface area contributed by atoms with Crippen LogP contribution in [-0.2, 0) is 23.8 Å². The fourth-order valence-corrected chi connectivity index (χ4v) is 1.39. The highest BCUT2D eigenvalue weighted by Gasteiger charge is 2.11. The Bertz CT molecular complexity index is 212. The fourth-order valence-electron chi connectivity index (χ4n) is 0.817. The van der Waals surface area contributed by atoms with E-state index in [0.29, 0.717) is 6.42 Å². The fraction of sp³-hybridized carbons (Fsp3) is 1.00. The predicted molar refractivity (Wildman–Crippen MR) is 51.7 cm³/mol. The van der Waals surface area contributed by atoms with Gasteiger partial charge in [0.15, 0.2) is 0 Å². The third-order valence-electron chi connectivity index (χ3n) is 1.47. The maximum Gasteiger partial charge on any atom is 0.426 e. The Morgan fingerprint density at radius 2 is 1.79 bits per heavy atom. The summed E-state index contributed by atoms with van der Waals surface area (Å²) in [7, 11) is -3.95. The molecule has 0 aromatic heterocycles. The van der Waals surface area contributed by atoms with Crippen LogP contribution in [0.3, 0.4) is 0 Å². The smallest absolute Gasteiger partial charge is 0.246 e. The molecule has 86 valence electrons. The topological polar surface area (TPSA) is 61.8 Å². The van der Waals surface area contributed by atoms with Crippen molar-refractivity contribution in [2.24, 2.45) is 0 Å². The van der Waals surface area contributed by atoms with E-state index in [4.69, 9.17) is 0 Å². The number of hydrogen-bond acceptors (Lipinski definition) is 5. The summed E-state index contributed by atoms with van der Waals surface area (Å²) in [5, 5.41) is 0. The number of hydrogen-bond donors (Lipinski definition) is 0. The van der Waals surface area contributed by atoms with Gasteiger partial charge < -0.3 is 0 Å². The molecule has 0 atom stereocenters. The molecular formula is C8H18O5S. The van der Waals surface area contributed by atoms with Crippen LogP contribution < -0.4 is 0 Å². The second-order valence-corrected chi connectivity index (χ2v) is 3.95. The molecule has 14 heavy (non-hydrogen) atoms. The summed E-state index contributed by atoms with van der Waals surface area (Å²) < 4.78 is 30.2. The lowest BCUT2D eigenvalue weighted by atomic mass is 10.2. The van der Waals surface area contributed by atoms with Crippen LogP contribution in [0, 0.1) is 0 Å². The molecule has 0 amide bonds. The van der Waals surface area contributed by atoms with Gasteiger partial charge in [-0.2, -0.15) is 8.42 Å². The first-order valence-electron chi connectivity index (χ1n) is 4.82. The minimum atomic E-state index is -3.95. The molecule has 0 spiro atoms. The quantitative estimate of drug-likeness (QED) is 0.341. The standard InChI is InChI=1S/C8H18O5S/c1-3-5-6-7-8-12-14(9,10)13-11-4-2/h3-8H2,1-2H3. The van der Waals surface area contributed by atoms with Crippen molar-refractivity contribution in [2.45, 2.75) is 39.5 Å². The van der Waals surface area contributed by atoms with Crippen LogP contribution in [0.1, 0.15) is 39.5 Å². The van der Waals surface area contributed by atoms with Gasteiger partial charge in [0.05, 0.1) is 13.2 Å². The molecule has 6 heteroatoms. The monoisotopic (exact) mass is 226 g/mol. The highest BCUT2D eigenvalue weighted by molar-refractivity contribution is 7.81. The summed E-state index contributed by atoms with van der Waals surface area (Å²) in [4.78, 5) is 4.26. The van der Waals surface area contributed by atoms with Crippen molar-refractivity contribution in [3.05, 3.63) is 0 Å². The van der Waals surface area contributed by atoms with E-state index in [1.54, 1.807) is 6.92 Å². The maximum atomic E-state index is 10.9. The normalized spacial score (nSPS) is 11.9. The molecule has 0 aromatic rings. The predicted octanol–water partition coefficient (Wildman–Crippen LogP) is 1.80. The van der Waals surface area contributed by atoms with Crippen LogP contribution >= 0.6 is 0 Å². The van der Waals surface area contributed by atoms with Gasteiger partial charge in [-0.05, 0) is 13.3 Å². The second-order valence-electron chi connectivity index (χ2n) is 2.77. The summed E-state index contributed by atoms with van der Waals surface area (Å²) in [6.07, 6.45) is 3.85. The van der Waals surface area contributed by atoms with Crippen molar-refractivity contribution < 1.29 is 21.8 Å². The van der Waals surface area contributed by atoms with Crippen molar-refractivity contribution in [1.29, 1.82) is 0 Å². The van der Waals surface area contributed by atoms with Gasteiger partial charge in [0.1, 0.15) is 0 Å². The molecular weight excluding hydrogens is 208 g/mol. The van der Waals surface area contributed by atoms with Crippen LogP contribution in [0.15, 0.2) is 0 Å². The lowest BCUT2D eigenvalue weighted by Crippen LogP contribution is -2.11. The molecule has 0 aromatic carbocycles. The Labute approximate surface area is 85.6 Å². The van der Waals surface area contributed by atoms with E-state index in [2.05, 4.69) is 20.3 Å². The summed E-state index contributed by atoms with van der Waals surface area (Å²) in [5.41, 5.74) is 0. The van der Waals surface area contributed by atoms with Crippen LogP contribution in [0.5, 0.6) is 0 Å². The molecule has 0 aliphatic heterocycles. The number of unbranched alkanes of at least 4 members (excludes halogenated alkanes) is 3. The zero-order valence-electron chi connectivity index (χ0n) is 8.69. The third kappa shape index (κ3) is 8.43. The number of rotatable bonds is 9. The van der Waals surface area contributed by atoms with Gasteiger partial charge in [0, 0.05) is 0 Å². The summed E-state index contributed by atoms with van der Waals surface area (Å²) in [6.45, 7) is 4.01. The van der Waals surface area contributed by atoms with Crippen molar-refractivity contribution in [1.82, 2.24) is 0 Å². The van der Waals surface area contributed by atoms with E-state index in [0.717, 1.165) is 19.3 Å². The van der Waals surface area contributed by atoms with Crippen LogP contribution in [0.2, 0.25) is 0 Å². The van der Waals surface area contributed by atoms with E-state index in [-0.39, 0.29) is 13.2 Å². The molecule has 0 N–H and O–H groups in total. The Morgan fingerprint density at radius 3 is 2.36 bits per heavy atom. The third-order valence-corrected chi connectivity index (χ3v) is 2.19. The van der Waals surface area contributed by atoms with Gasteiger partial charge >= 0.3 is 10.4 Å². The zero-order chi connectivity index (χ0) is 10.9. The highest BCUT2D eigenvalue weighted by atomic mass is 32.3. The largest absolute Gasteiger partial charge is 0.426 e. The molecule has 0 aliphatic rings. The van der Waals surface area contributed by atoms with E-state index in [1.807, 2.05) is 0 Å². The van der Waals surface area contributed by atoms with Gasteiger partial charge in [-0.1, -0.05) is 30.5 Å². The Kier molecular flexibility index (Phi) is 8.07. The van der Waals surface area contributed by atoms with E-state index < -0.39 is 10.4 Å². The van der Waals surface area contributed by atoms with Crippen molar-refractivity contribution in [2.75, 3.05) is 13.2 Å². The molecule has 0 bridgehead atoms. The first kappa shape index (κ1) is 13.8. The Balaban J connectivity index is 3.46. The average molecular weight is 226 g/mol. The van der Waals surface area contributed by atoms with E-state index in [9.17, 15) is 8.42 Å². The lowest BCUT2D eigenvalue weighted by molar-refractivity contribution is -0.205. The molecule has 0 heterocycles. The lowest BCUT2D eigenvalue weighted by Gasteiger charge is -2.03. The summed E-state index contributed by atoms with van der Waals surface area (Å²) in [5.74, 6) is 0. The minimum Gasteiger partial charge on any atom is -0.246 e. The zero-order valence-corrected chi connectivity index (χ0v) is 9.51. The van der Waals surface area contributed by atoms with Gasteiger partial charge in [0.25, 0.3) is 0 Å². The van der Waals surface area contributed by atoms with Crippen molar-refractivity contribution in [3.63, 3.8) is 0 Å². The highest BCUT2D eigenvalue weighted by Crippen LogP contribution is 2.02. The molecule has 0 saturated carbocycles. The summed E-state index contributed by atoms with van der Waals surface area (Å²) >= 11 is 0. The van der Waals surface area contributed by atoms with E-state index >= 15 is 0 Å². The SMILES string of the molecule is CCCCCCOS(=O)(=O)OOCC. The van der Waals surface area contributed by atoms with E-state index in [1.165, 1.54) is 0 Å². The van der Waals surface area contributed by atoms with Crippen molar-refractivity contribution >= 4 is 10.4 Å². The van der Waals surface area contributed by atoms with Gasteiger partial charge in [-0.3, -0.25) is 0 Å². The Hall–Kier alpha value is -0.170. The van der Waals surface area contributed by atoms with Crippen LogP contribution in [0.25, 0.3) is 0 Å². The molecule has 0 rings (SSSR count). The van der Waals surface area contributed by atoms with Gasteiger partial charge in [-0.15, -0.1) is 0 Å². The van der Waals surface area contributed by atoms with Crippen LogP contribution in [0.4, 0.5) is 0 Å². The first-order chi connectivity index (χ1) is 6.62. The second kappa shape index (κ2) is 8.16. The van der Waals surface area contributed by atoms with Crippen LogP contribution in [-0.4, -0.2) is 21.6 Å². The minimum absolute atomic E-state index is 0.148. The molecule has 0 aliphatic carbocycles. The molecule has 0 saturated heterocycles. The maximum absolute atomic E-state index is 10.9. The van der Waals surface area contributed by atoms with Gasteiger partial charge in [-0.25, -0.2) is 9.07 Å². The molecule has 0 radical (unpaired) electrons. The average Bonchev–Trinajstić information content (AvgIpc) is 2.15. The molecule has 0 unspecified atom stereocenters. The van der Waals surface area contributed by atoms with Crippen molar-refractivity contribution in [3.8, 4) is 0 Å². The Morgan fingerprint density at radius 1 is 1.07 bits per heavy atom. The van der Waals surface area contributed by atoms with Gasteiger partial charge in [0.2, 0.25) is 0 Å². The molecule has 5 nitrogen and oxygen atoms in total.